The Morgan fingerprint density at radius 2 is 1.86 bits per heavy atom. The predicted octanol–water partition coefficient (Wildman–Crippen LogP) is 2.43. The molecule has 1 aromatic carbocycles. The molecule has 1 atom stereocenters. The number of likely N-dealkylation sites (N-methyl/N-ethyl adjacent to an activating group) is 1. The van der Waals surface area contributed by atoms with Gasteiger partial charge in [0.2, 0.25) is 0 Å². The standard InChI is InChI=1S/C16H22N2O3/c1-18(11-13-5-4-6-21-13)16(10-17)12-7-14(19-2)9-15(8-12)20-3/h4-9,16H,10-11,17H2,1-3H3. The normalized spacial score (nSPS) is 12.4. The van der Waals surface area contributed by atoms with Crippen LogP contribution in [-0.2, 0) is 6.54 Å². The third-order valence-corrected chi connectivity index (χ3v) is 3.50. The van der Waals surface area contributed by atoms with E-state index in [-0.39, 0.29) is 6.04 Å². The van der Waals surface area contributed by atoms with Gasteiger partial charge in [0.1, 0.15) is 17.3 Å². The minimum atomic E-state index is 0.0547. The first-order valence-corrected chi connectivity index (χ1v) is 6.83. The highest BCUT2D eigenvalue weighted by molar-refractivity contribution is 5.40. The van der Waals surface area contributed by atoms with Crippen LogP contribution in [0.4, 0.5) is 0 Å². The second kappa shape index (κ2) is 7.15. The molecule has 5 heteroatoms. The van der Waals surface area contributed by atoms with Crippen LogP contribution < -0.4 is 15.2 Å². The minimum Gasteiger partial charge on any atom is -0.497 e. The monoisotopic (exact) mass is 290 g/mol. The third-order valence-electron chi connectivity index (χ3n) is 3.50. The van der Waals surface area contributed by atoms with Gasteiger partial charge in [-0.15, -0.1) is 0 Å². The van der Waals surface area contributed by atoms with Gasteiger partial charge in [-0.1, -0.05) is 0 Å². The van der Waals surface area contributed by atoms with Crippen LogP contribution in [0.3, 0.4) is 0 Å². The number of rotatable bonds is 7. The molecular weight excluding hydrogens is 268 g/mol. The van der Waals surface area contributed by atoms with Gasteiger partial charge in [0, 0.05) is 18.7 Å². The van der Waals surface area contributed by atoms with Crippen LogP contribution in [0.5, 0.6) is 11.5 Å². The molecule has 0 radical (unpaired) electrons. The van der Waals surface area contributed by atoms with Crippen molar-refractivity contribution in [3.8, 4) is 11.5 Å². The van der Waals surface area contributed by atoms with Crippen LogP contribution in [0.2, 0.25) is 0 Å². The van der Waals surface area contributed by atoms with Gasteiger partial charge in [0.15, 0.2) is 0 Å². The van der Waals surface area contributed by atoms with Crippen molar-refractivity contribution in [2.24, 2.45) is 5.73 Å². The van der Waals surface area contributed by atoms with Gasteiger partial charge in [-0.3, -0.25) is 4.90 Å². The highest BCUT2D eigenvalue weighted by Gasteiger charge is 2.18. The second-order valence-electron chi connectivity index (χ2n) is 4.89. The summed E-state index contributed by atoms with van der Waals surface area (Å²) in [6, 6.07) is 9.71. The van der Waals surface area contributed by atoms with Gasteiger partial charge in [0.25, 0.3) is 0 Å². The van der Waals surface area contributed by atoms with Crippen molar-refractivity contribution in [3.05, 3.63) is 47.9 Å². The highest BCUT2D eigenvalue weighted by Crippen LogP contribution is 2.29. The fourth-order valence-corrected chi connectivity index (χ4v) is 2.35. The van der Waals surface area contributed by atoms with E-state index in [1.807, 2.05) is 37.4 Å². The summed E-state index contributed by atoms with van der Waals surface area (Å²) in [7, 11) is 5.30. The first-order chi connectivity index (χ1) is 10.2. The highest BCUT2D eigenvalue weighted by atomic mass is 16.5. The van der Waals surface area contributed by atoms with E-state index in [2.05, 4.69) is 4.90 Å². The summed E-state index contributed by atoms with van der Waals surface area (Å²) in [5.74, 6) is 2.43. The van der Waals surface area contributed by atoms with Crippen LogP contribution in [-0.4, -0.2) is 32.7 Å². The van der Waals surface area contributed by atoms with E-state index in [1.165, 1.54) is 0 Å². The van der Waals surface area contributed by atoms with Crippen molar-refractivity contribution in [2.45, 2.75) is 12.6 Å². The van der Waals surface area contributed by atoms with Crippen molar-refractivity contribution in [3.63, 3.8) is 0 Å². The van der Waals surface area contributed by atoms with Crippen LogP contribution >= 0.6 is 0 Å². The summed E-state index contributed by atoms with van der Waals surface area (Å²) in [6.07, 6.45) is 1.68. The maximum atomic E-state index is 5.96. The lowest BCUT2D eigenvalue weighted by Crippen LogP contribution is -2.30. The topological polar surface area (TPSA) is 60.9 Å². The summed E-state index contributed by atoms with van der Waals surface area (Å²) >= 11 is 0. The number of nitrogens with zero attached hydrogens (tertiary/aromatic N) is 1. The smallest absolute Gasteiger partial charge is 0.122 e. The summed E-state index contributed by atoms with van der Waals surface area (Å²) in [5.41, 5.74) is 7.02. The first-order valence-electron chi connectivity index (χ1n) is 6.83. The molecule has 1 aromatic heterocycles. The number of ether oxygens (including phenoxy) is 2. The van der Waals surface area contributed by atoms with Gasteiger partial charge in [-0.05, 0) is 36.9 Å². The molecule has 0 aliphatic heterocycles. The zero-order valence-electron chi connectivity index (χ0n) is 12.7. The maximum Gasteiger partial charge on any atom is 0.122 e. The van der Waals surface area contributed by atoms with Crippen LogP contribution in [0.15, 0.2) is 41.0 Å². The molecule has 2 aromatic rings. The van der Waals surface area contributed by atoms with Crippen molar-refractivity contribution in [1.82, 2.24) is 4.90 Å². The van der Waals surface area contributed by atoms with Gasteiger partial charge >= 0.3 is 0 Å². The van der Waals surface area contributed by atoms with Crippen molar-refractivity contribution in [1.29, 1.82) is 0 Å². The fraction of sp³-hybridized carbons (Fsp3) is 0.375. The van der Waals surface area contributed by atoms with E-state index in [0.717, 1.165) is 22.8 Å². The van der Waals surface area contributed by atoms with E-state index < -0.39 is 0 Å². The zero-order valence-corrected chi connectivity index (χ0v) is 12.7. The molecular formula is C16H22N2O3. The van der Waals surface area contributed by atoms with E-state index in [4.69, 9.17) is 19.6 Å². The second-order valence-corrected chi connectivity index (χ2v) is 4.89. The predicted molar refractivity (Wildman–Crippen MR) is 81.5 cm³/mol. The number of hydrogen-bond donors (Lipinski definition) is 1. The molecule has 0 saturated carbocycles. The molecule has 0 bridgehead atoms. The lowest BCUT2D eigenvalue weighted by molar-refractivity contribution is 0.222. The van der Waals surface area contributed by atoms with Crippen molar-refractivity contribution < 1.29 is 13.9 Å². The molecule has 1 unspecified atom stereocenters. The molecule has 2 N–H and O–H groups in total. The van der Waals surface area contributed by atoms with Gasteiger partial charge in [-0.25, -0.2) is 0 Å². The summed E-state index contributed by atoms with van der Waals surface area (Å²) in [5, 5.41) is 0. The van der Waals surface area contributed by atoms with Crippen LogP contribution in [0.1, 0.15) is 17.4 Å². The maximum absolute atomic E-state index is 5.96. The Balaban J connectivity index is 2.23. The fourth-order valence-electron chi connectivity index (χ4n) is 2.35. The van der Waals surface area contributed by atoms with Gasteiger partial charge < -0.3 is 19.6 Å². The number of benzene rings is 1. The molecule has 0 spiro atoms. The lowest BCUT2D eigenvalue weighted by atomic mass is 10.0. The number of hydrogen-bond acceptors (Lipinski definition) is 5. The van der Waals surface area contributed by atoms with Crippen LogP contribution in [0, 0.1) is 0 Å². The first kappa shape index (κ1) is 15.4. The van der Waals surface area contributed by atoms with E-state index in [9.17, 15) is 0 Å². The van der Waals surface area contributed by atoms with E-state index in [1.54, 1.807) is 20.5 Å². The summed E-state index contributed by atoms with van der Waals surface area (Å²) in [4.78, 5) is 2.15. The largest absolute Gasteiger partial charge is 0.497 e. The lowest BCUT2D eigenvalue weighted by Gasteiger charge is -2.27. The molecule has 21 heavy (non-hydrogen) atoms. The average Bonchev–Trinajstić information content (AvgIpc) is 3.00. The molecule has 114 valence electrons. The Hall–Kier alpha value is -1.98. The molecule has 0 aliphatic rings. The van der Waals surface area contributed by atoms with Crippen LogP contribution in [0.25, 0.3) is 0 Å². The Bertz CT molecular complexity index is 532. The molecule has 0 aliphatic carbocycles. The Labute approximate surface area is 125 Å². The quantitative estimate of drug-likeness (QED) is 0.848. The molecule has 0 saturated heterocycles. The molecule has 0 amide bonds. The number of furan rings is 1. The Morgan fingerprint density at radius 3 is 2.33 bits per heavy atom. The summed E-state index contributed by atoms with van der Waals surface area (Å²) in [6.45, 7) is 1.18. The molecule has 0 fully saturated rings. The Morgan fingerprint density at radius 1 is 1.19 bits per heavy atom. The van der Waals surface area contributed by atoms with Gasteiger partial charge in [-0.2, -0.15) is 0 Å². The van der Waals surface area contributed by atoms with Gasteiger partial charge in [0.05, 0.1) is 27.0 Å². The van der Waals surface area contributed by atoms with Crippen molar-refractivity contribution >= 4 is 0 Å². The van der Waals surface area contributed by atoms with E-state index >= 15 is 0 Å². The number of methoxy groups -OCH3 is 2. The molecule has 2 rings (SSSR count). The average molecular weight is 290 g/mol. The molecule has 1 heterocycles. The minimum absolute atomic E-state index is 0.0547. The molecule has 5 nitrogen and oxygen atoms in total. The zero-order chi connectivity index (χ0) is 15.2. The van der Waals surface area contributed by atoms with Crippen molar-refractivity contribution in [2.75, 3.05) is 27.8 Å². The SMILES string of the molecule is COc1cc(OC)cc(C(CN)N(C)Cc2ccco2)c1. The Kier molecular flexibility index (Phi) is 5.25. The third kappa shape index (κ3) is 3.77. The van der Waals surface area contributed by atoms with E-state index in [0.29, 0.717) is 13.1 Å². The summed E-state index contributed by atoms with van der Waals surface area (Å²) < 4.78 is 16.0. The number of nitrogens with two attached hydrogens (primary N) is 1.